The molecule has 1 saturated heterocycles. The molecule has 2 aromatic heterocycles. The molecule has 11 nitrogen and oxygen atoms in total. The van der Waals surface area contributed by atoms with Crippen molar-refractivity contribution in [1.82, 2.24) is 29.5 Å². The number of anilines is 1. The average molecular weight is 538 g/mol. The van der Waals surface area contributed by atoms with Crippen molar-refractivity contribution >= 4 is 46.1 Å². The highest BCUT2D eigenvalue weighted by atomic mass is 35.5. The number of halogens is 2. The Hall–Kier alpha value is -2.70. The average Bonchev–Trinajstić information content (AvgIpc) is 3.28. The fraction of sp³-hybridized carbons (Fsp3) is 0.478. The second-order valence-electron chi connectivity index (χ2n) is 9.17. The second-order valence-corrected chi connectivity index (χ2v) is 9.98. The van der Waals surface area contributed by atoms with E-state index in [1.807, 2.05) is 6.07 Å². The molecule has 0 radical (unpaired) electrons. The number of aliphatic hydroxyl groups is 2. The van der Waals surface area contributed by atoms with E-state index in [1.165, 1.54) is 0 Å². The fourth-order valence-corrected chi connectivity index (χ4v) is 4.64. The zero-order valence-electron chi connectivity index (χ0n) is 20.0. The van der Waals surface area contributed by atoms with E-state index < -0.39 is 18.1 Å². The number of piperidine rings is 1. The van der Waals surface area contributed by atoms with Crippen LogP contribution in [0, 0.1) is 0 Å². The van der Waals surface area contributed by atoms with E-state index in [1.54, 1.807) is 46.9 Å². The number of hydrogen-bond donors (Lipinski definition) is 4. The molecule has 2 atom stereocenters. The molecule has 36 heavy (non-hydrogen) atoms. The lowest BCUT2D eigenvalue weighted by Crippen LogP contribution is -2.50. The highest BCUT2D eigenvalue weighted by Crippen LogP contribution is 2.26. The lowest BCUT2D eigenvalue weighted by molar-refractivity contribution is -0.148. The van der Waals surface area contributed by atoms with E-state index >= 15 is 0 Å². The van der Waals surface area contributed by atoms with E-state index in [2.05, 4.69) is 20.4 Å². The van der Waals surface area contributed by atoms with Crippen molar-refractivity contribution in [3.63, 3.8) is 0 Å². The van der Waals surface area contributed by atoms with Gasteiger partial charge < -0.3 is 25.3 Å². The largest absolute Gasteiger partial charge is 0.389 e. The molecule has 0 aliphatic carbocycles. The first kappa shape index (κ1) is 26.4. The number of aromatic amines is 1. The molecule has 3 aromatic rings. The third-order valence-corrected chi connectivity index (χ3v) is 6.93. The van der Waals surface area contributed by atoms with Crippen molar-refractivity contribution in [2.75, 3.05) is 39.0 Å². The van der Waals surface area contributed by atoms with Gasteiger partial charge in [0, 0.05) is 26.2 Å². The number of amides is 1. The summed E-state index contributed by atoms with van der Waals surface area (Å²) in [4.78, 5) is 36.0. The van der Waals surface area contributed by atoms with Gasteiger partial charge in [0.2, 0.25) is 5.95 Å². The number of likely N-dealkylation sites (tertiary alicyclic amines) is 1. The first-order valence-corrected chi connectivity index (χ1v) is 12.3. The number of nitrogens with one attached hydrogen (secondary N) is 2. The van der Waals surface area contributed by atoms with Gasteiger partial charge in [0.05, 0.1) is 22.3 Å². The van der Waals surface area contributed by atoms with Gasteiger partial charge in [-0.15, -0.1) is 0 Å². The molecule has 13 heteroatoms. The normalized spacial score (nSPS) is 16.5. The lowest BCUT2D eigenvalue weighted by Gasteiger charge is -2.34. The predicted molar refractivity (Wildman–Crippen MR) is 137 cm³/mol. The Morgan fingerprint density at radius 2 is 1.97 bits per heavy atom. The van der Waals surface area contributed by atoms with Crippen LogP contribution in [0.5, 0.6) is 0 Å². The van der Waals surface area contributed by atoms with Gasteiger partial charge in [0.1, 0.15) is 11.6 Å². The van der Waals surface area contributed by atoms with Crippen LogP contribution in [0.15, 0.2) is 29.2 Å². The molecule has 1 fully saturated rings. The highest BCUT2D eigenvalue weighted by Gasteiger charge is 2.32. The van der Waals surface area contributed by atoms with Crippen LogP contribution in [0.2, 0.25) is 10.0 Å². The lowest BCUT2D eigenvalue weighted by atomic mass is 10.0. The maximum Gasteiger partial charge on any atom is 0.278 e. The highest BCUT2D eigenvalue weighted by molar-refractivity contribution is 6.42. The molecule has 4 rings (SSSR count). The van der Waals surface area contributed by atoms with Crippen LogP contribution in [0.1, 0.15) is 24.4 Å². The minimum atomic E-state index is -1.48. The van der Waals surface area contributed by atoms with E-state index in [9.17, 15) is 19.8 Å². The van der Waals surface area contributed by atoms with Gasteiger partial charge in [-0.25, -0.2) is 4.98 Å². The minimum absolute atomic E-state index is 0.103. The molecule has 0 saturated carbocycles. The quantitative estimate of drug-likeness (QED) is 0.338. The molecule has 1 amide bonds. The van der Waals surface area contributed by atoms with Crippen LogP contribution in [0.3, 0.4) is 0 Å². The molecule has 0 bridgehead atoms. The Balaban J connectivity index is 1.41. The molecular weight excluding hydrogens is 509 g/mol. The number of aromatic nitrogens is 4. The summed E-state index contributed by atoms with van der Waals surface area (Å²) in [5.74, 6) is -0.186. The molecular formula is C23H29Cl2N7O4. The number of carbonyl (C=O) groups is 1. The van der Waals surface area contributed by atoms with Crippen LogP contribution < -0.4 is 10.9 Å². The number of fused-ring (bicyclic) bond motifs is 1. The molecule has 1 aromatic carbocycles. The third kappa shape index (κ3) is 5.81. The summed E-state index contributed by atoms with van der Waals surface area (Å²) in [5.41, 5.74) is 1.37. The summed E-state index contributed by atoms with van der Waals surface area (Å²) in [7, 11) is 3.51. The van der Waals surface area contributed by atoms with Crippen molar-refractivity contribution in [1.29, 1.82) is 0 Å². The standard InChI is InChI=1S/C23H29Cl2N7O4/c1-30(2)12-18(33)20(34)22(36)31-7-5-14(6-8-31)32-19-17(11-27-32)28-23(29-21(19)35)26-10-13-3-4-15(24)16(25)9-13/h3-4,9,11,14,18,20,33-34H,5-8,10,12H2,1-2H3,(H2,26,28,29,35). The Kier molecular flexibility index (Phi) is 8.16. The Bertz CT molecular complexity index is 1290. The van der Waals surface area contributed by atoms with Gasteiger partial charge in [-0.1, -0.05) is 29.3 Å². The zero-order chi connectivity index (χ0) is 26.0. The van der Waals surface area contributed by atoms with Crippen LogP contribution >= 0.6 is 23.2 Å². The molecule has 3 heterocycles. The van der Waals surface area contributed by atoms with Crippen molar-refractivity contribution in [3.05, 3.63) is 50.4 Å². The minimum Gasteiger partial charge on any atom is -0.389 e. The van der Waals surface area contributed by atoms with E-state index in [0.717, 1.165) is 5.56 Å². The van der Waals surface area contributed by atoms with Crippen LogP contribution in [0.4, 0.5) is 5.95 Å². The van der Waals surface area contributed by atoms with Crippen molar-refractivity contribution < 1.29 is 15.0 Å². The van der Waals surface area contributed by atoms with Crippen molar-refractivity contribution in [2.45, 2.75) is 37.6 Å². The van der Waals surface area contributed by atoms with Gasteiger partial charge in [0.25, 0.3) is 11.5 Å². The summed E-state index contributed by atoms with van der Waals surface area (Å²) in [5, 5.41) is 28.7. The van der Waals surface area contributed by atoms with E-state index in [4.69, 9.17) is 23.2 Å². The number of rotatable bonds is 8. The smallest absolute Gasteiger partial charge is 0.278 e. The van der Waals surface area contributed by atoms with Gasteiger partial charge >= 0.3 is 0 Å². The predicted octanol–water partition coefficient (Wildman–Crippen LogP) is 1.49. The first-order valence-electron chi connectivity index (χ1n) is 11.6. The summed E-state index contributed by atoms with van der Waals surface area (Å²) >= 11 is 12.0. The molecule has 1 aliphatic heterocycles. The summed E-state index contributed by atoms with van der Waals surface area (Å²) in [6.07, 6.45) is 0.0140. The maximum absolute atomic E-state index is 12.9. The molecule has 0 spiro atoms. The van der Waals surface area contributed by atoms with Crippen molar-refractivity contribution in [2.24, 2.45) is 0 Å². The van der Waals surface area contributed by atoms with Crippen LogP contribution in [0.25, 0.3) is 11.0 Å². The maximum atomic E-state index is 12.9. The molecule has 194 valence electrons. The van der Waals surface area contributed by atoms with Crippen LogP contribution in [-0.4, -0.2) is 91.6 Å². The number of carbonyl (C=O) groups excluding carboxylic acids is 1. The van der Waals surface area contributed by atoms with Gasteiger partial charge in [-0.05, 0) is 44.6 Å². The summed E-state index contributed by atoms with van der Waals surface area (Å²) < 4.78 is 1.66. The van der Waals surface area contributed by atoms with Crippen molar-refractivity contribution in [3.8, 4) is 0 Å². The number of aliphatic hydroxyl groups excluding tert-OH is 2. The second kappa shape index (κ2) is 11.1. The number of benzene rings is 1. The number of hydrogen-bond acceptors (Lipinski definition) is 8. The van der Waals surface area contributed by atoms with Gasteiger partial charge in [-0.3, -0.25) is 19.3 Å². The molecule has 2 unspecified atom stereocenters. The Labute approximate surface area is 217 Å². The SMILES string of the molecule is CN(C)CC(O)C(O)C(=O)N1CCC(n2ncc3nc(NCc4ccc(Cl)c(Cl)c4)[nH]c(=O)c32)CC1. The topological polar surface area (TPSA) is 140 Å². The number of likely N-dealkylation sites (N-methyl/N-ethyl adjacent to an activating group) is 1. The Morgan fingerprint density at radius 3 is 2.64 bits per heavy atom. The monoisotopic (exact) mass is 537 g/mol. The van der Waals surface area contributed by atoms with Gasteiger partial charge in [-0.2, -0.15) is 5.10 Å². The third-order valence-electron chi connectivity index (χ3n) is 6.19. The zero-order valence-corrected chi connectivity index (χ0v) is 21.5. The van der Waals surface area contributed by atoms with E-state index in [0.29, 0.717) is 59.5 Å². The van der Waals surface area contributed by atoms with Gasteiger partial charge in [0.15, 0.2) is 11.6 Å². The van der Waals surface area contributed by atoms with E-state index in [-0.39, 0.29) is 18.1 Å². The fourth-order valence-electron chi connectivity index (χ4n) is 4.32. The Morgan fingerprint density at radius 1 is 1.25 bits per heavy atom. The first-order chi connectivity index (χ1) is 17.1. The molecule has 1 aliphatic rings. The number of nitrogens with zero attached hydrogens (tertiary/aromatic N) is 5. The summed E-state index contributed by atoms with van der Waals surface area (Å²) in [6.45, 7) is 1.33. The number of H-pyrrole nitrogens is 1. The summed E-state index contributed by atoms with van der Waals surface area (Å²) in [6, 6.07) is 5.17. The molecule has 4 N–H and O–H groups in total. The van der Waals surface area contributed by atoms with Crippen LogP contribution in [-0.2, 0) is 11.3 Å².